The predicted molar refractivity (Wildman–Crippen MR) is 209 cm³/mol. The Kier molecular flexibility index (Phi) is 8.50. The smallest absolute Gasteiger partial charge is 0.266 e. The van der Waals surface area contributed by atoms with E-state index in [9.17, 15) is 33.6 Å². The van der Waals surface area contributed by atoms with Crippen LogP contribution in [0, 0.1) is 0 Å². The number of carbonyl (C=O) groups excluding carboxylic acids is 7. The second-order valence-corrected chi connectivity index (χ2v) is 13.0. The zero-order valence-electron chi connectivity index (χ0n) is 29.1. The van der Waals surface area contributed by atoms with E-state index < -0.39 is 41.2 Å². The van der Waals surface area contributed by atoms with E-state index in [4.69, 9.17) is 11.5 Å². The monoisotopic (exact) mass is 740 g/mol. The molecule has 0 atom stereocenters. The number of nitrogens with zero attached hydrogens (tertiary/aromatic N) is 2. The van der Waals surface area contributed by atoms with Crippen LogP contribution in [0.3, 0.4) is 0 Å². The number of nitrogens with two attached hydrogens (primary N) is 2. The first-order valence-corrected chi connectivity index (χ1v) is 17.1. The number of imide groups is 2. The van der Waals surface area contributed by atoms with Crippen molar-refractivity contribution in [3.63, 3.8) is 0 Å². The van der Waals surface area contributed by atoms with Crippen molar-refractivity contribution in [1.29, 1.82) is 0 Å². The third-order valence-corrected chi connectivity index (χ3v) is 9.41. The molecule has 272 valence electrons. The Balaban J connectivity index is 0.966. The van der Waals surface area contributed by atoms with Crippen molar-refractivity contribution >= 4 is 75.4 Å². The fourth-order valence-corrected chi connectivity index (χ4v) is 6.46. The zero-order valence-corrected chi connectivity index (χ0v) is 29.1. The largest absolute Gasteiger partial charge is 0.399 e. The van der Waals surface area contributed by atoms with E-state index >= 15 is 0 Å². The van der Waals surface area contributed by atoms with E-state index in [0.29, 0.717) is 33.9 Å². The number of benzene rings is 6. The molecule has 8 rings (SSSR count). The summed E-state index contributed by atoms with van der Waals surface area (Å²) in [6.07, 6.45) is 0. The van der Waals surface area contributed by atoms with Crippen molar-refractivity contribution < 1.29 is 33.6 Å². The molecule has 0 radical (unpaired) electrons. The van der Waals surface area contributed by atoms with E-state index in [1.165, 1.54) is 84.9 Å². The topological polar surface area (TPSA) is 202 Å². The van der Waals surface area contributed by atoms with Gasteiger partial charge in [-0.25, -0.2) is 9.80 Å². The Morgan fingerprint density at radius 2 is 0.714 bits per heavy atom. The number of anilines is 6. The molecular formula is C43H28N6O7. The molecule has 0 aromatic heterocycles. The Bertz CT molecular complexity index is 2490. The van der Waals surface area contributed by atoms with Crippen LogP contribution in [-0.4, -0.2) is 41.2 Å². The van der Waals surface area contributed by atoms with E-state index in [-0.39, 0.29) is 44.8 Å². The normalized spacial score (nSPS) is 13.1. The SMILES string of the molecule is Nc1ccc(NC(=O)c2ccc(N3C(=O)c4ccc(C(=O)c5ccc6c(c5)C(=O)N(c5ccc(C(=O)Nc7ccc(N)cc7)cc5)C6=O)cc4C3=O)cc2)cc1. The van der Waals surface area contributed by atoms with Gasteiger partial charge in [0, 0.05) is 45.0 Å². The summed E-state index contributed by atoms with van der Waals surface area (Å²) in [4.78, 5) is 95.0. The third kappa shape index (κ3) is 6.20. The lowest BCUT2D eigenvalue weighted by atomic mass is 9.96. The molecule has 56 heavy (non-hydrogen) atoms. The summed E-state index contributed by atoms with van der Waals surface area (Å²) in [5.74, 6) is -3.84. The van der Waals surface area contributed by atoms with Gasteiger partial charge in [0.15, 0.2) is 5.78 Å². The molecule has 6 aromatic carbocycles. The Hall–Kier alpha value is -8.19. The fraction of sp³-hybridized carbons (Fsp3) is 0. The minimum absolute atomic E-state index is 0.00945. The number of rotatable bonds is 8. The summed E-state index contributed by atoms with van der Waals surface area (Å²) in [7, 11) is 0. The minimum Gasteiger partial charge on any atom is -0.399 e. The third-order valence-electron chi connectivity index (χ3n) is 9.41. The van der Waals surface area contributed by atoms with E-state index in [1.54, 1.807) is 48.5 Å². The molecule has 0 saturated carbocycles. The summed E-state index contributed by atoms with van der Waals surface area (Å²) < 4.78 is 0. The molecule has 13 heteroatoms. The van der Waals surface area contributed by atoms with Crippen molar-refractivity contribution in [3.8, 4) is 0 Å². The van der Waals surface area contributed by atoms with Crippen molar-refractivity contribution in [2.75, 3.05) is 31.9 Å². The lowest BCUT2D eigenvalue weighted by Gasteiger charge is -2.14. The number of nitrogens with one attached hydrogen (secondary N) is 2. The average Bonchev–Trinajstić information content (AvgIpc) is 3.62. The van der Waals surface area contributed by atoms with Crippen LogP contribution < -0.4 is 31.9 Å². The second-order valence-electron chi connectivity index (χ2n) is 13.0. The van der Waals surface area contributed by atoms with Crippen LogP contribution >= 0.6 is 0 Å². The number of amides is 6. The van der Waals surface area contributed by atoms with Gasteiger partial charge in [-0.2, -0.15) is 0 Å². The number of nitrogen functional groups attached to an aromatic ring is 2. The lowest BCUT2D eigenvalue weighted by Crippen LogP contribution is -2.29. The number of carbonyl (C=O) groups is 7. The summed E-state index contributed by atoms with van der Waals surface area (Å²) in [5.41, 5.74) is 15.0. The first kappa shape index (κ1) is 34.9. The molecule has 0 saturated heterocycles. The second kappa shape index (κ2) is 13.7. The zero-order chi connectivity index (χ0) is 39.2. The Morgan fingerprint density at radius 3 is 1.07 bits per heavy atom. The molecule has 0 bridgehead atoms. The quantitative estimate of drug-likeness (QED) is 0.0798. The molecule has 0 spiro atoms. The number of hydrogen-bond acceptors (Lipinski definition) is 9. The minimum atomic E-state index is -0.655. The van der Waals surface area contributed by atoms with Gasteiger partial charge in [0.1, 0.15) is 0 Å². The highest BCUT2D eigenvalue weighted by atomic mass is 16.2. The van der Waals surface area contributed by atoms with Crippen LogP contribution in [0.1, 0.15) is 78.1 Å². The molecule has 2 aliphatic rings. The number of fused-ring (bicyclic) bond motifs is 2. The van der Waals surface area contributed by atoms with Gasteiger partial charge in [-0.1, -0.05) is 12.1 Å². The molecule has 0 unspecified atom stereocenters. The molecular weight excluding hydrogens is 713 g/mol. The van der Waals surface area contributed by atoms with Gasteiger partial charge in [-0.15, -0.1) is 0 Å². The van der Waals surface area contributed by atoms with Crippen LogP contribution in [0.15, 0.2) is 133 Å². The van der Waals surface area contributed by atoms with Crippen molar-refractivity contribution in [2.45, 2.75) is 0 Å². The van der Waals surface area contributed by atoms with Crippen LogP contribution in [0.4, 0.5) is 34.1 Å². The highest BCUT2D eigenvalue weighted by molar-refractivity contribution is 6.36. The molecule has 0 aliphatic carbocycles. The lowest BCUT2D eigenvalue weighted by molar-refractivity contribution is 0.0910. The van der Waals surface area contributed by atoms with Gasteiger partial charge < -0.3 is 22.1 Å². The fourth-order valence-electron chi connectivity index (χ4n) is 6.46. The maximum atomic E-state index is 13.7. The molecule has 6 amide bonds. The predicted octanol–water partition coefficient (Wildman–Crippen LogP) is 6.19. The summed E-state index contributed by atoms with van der Waals surface area (Å²) >= 11 is 0. The number of ketones is 1. The van der Waals surface area contributed by atoms with Crippen LogP contribution in [-0.2, 0) is 0 Å². The molecule has 2 aliphatic heterocycles. The van der Waals surface area contributed by atoms with Gasteiger partial charge in [0.2, 0.25) is 0 Å². The van der Waals surface area contributed by atoms with Crippen molar-refractivity contribution in [3.05, 3.63) is 178 Å². The van der Waals surface area contributed by atoms with Crippen molar-refractivity contribution in [2.24, 2.45) is 0 Å². The van der Waals surface area contributed by atoms with Crippen LogP contribution in [0.5, 0.6) is 0 Å². The molecule has 6 N–H and O–H groups in total. The van der Waals surface area contributed by atoms with E-state index in [1.807, 2.05) is 0 Å². The van der Waals surface area contributed by atoms with Gasteiger partial charge in [-0.3, -0.25) is 33.6 Å². The standard InChI is InChI=1S/C43H28N6O7/c44-27-7-11-29(12-8-27)46-38(51)23-1-15-31(16-2-23)48-40(53)33-19-5-25(21-35(33)42(48)55)37(50)26-6-20-34-36(22-26)43(56)49(41(34)54)32-17-3-24(4-18-32)39(52)47-30-13-9-28(45)10-14-30/h1-22H,44-45H2,(H,46,51)(H,47,52). The van der Waals surface area contributed by atoms with Crippen LogP contribution in [0.25, 0.3) is 0 Å². The van der Waals surface area contributed by atoms with Crippen LogP contribution in [0.2, 0.25) is 0 Å². The summed E-state index contributed by atoms with van der Waals surface area (Å²) in [6.45, 7) is 0. The first-order chi connectivity index (χ1) is 27.0. The highest BCUT2D eigenvalue weighted by Crippen LogP contribution is 2.32. The summed E-state index contributed by atoms with van der Waals surface area (Å²) in [6, 6.07) is 33.4. The van der Waals surface area contributed by atoms with Gasteiger partial charge in [0.25, 0.3) is 35.4 Å². The molecule has 13 nitrogen and oxygen atoms in total. The average molecular weight is 741 g/mol. The van der Waals surface area contributed by atoms with Gasteiger partial charge in [0.05, 0.1) is 33.6 Å². The molecule has 6 aromatic rings. The van der Waals surface area contributed by atoms with Crippen molar-refractivity contribution in [1.82, 2.24) is 0 Å². The number of hydrogen-bond donors (Lipinski definition) is 4. The highest BCUT2D eigenvalue weighted by Gasteiger charge is 2.39. The Morgan fingerprint density at radius 1 is 0.393 bits per heavy atom. The van der Waals surface area contributed by atoms with E-state index in [2.05, 4.69) is 10.6 Å². The first-order valence-electron chi connectivity index (χ1n) is 17.1. The van der Waals surface area contributed by atoms with E-state index in [0.717, 1.165) is 9.80 Å². The molecule has 0 fully saturated rings. The Labute approximate surface area is 318 Å². The molecule has 2 heterocycles. The van der Waals surface area contributed by atoms with Gasteiger partial charge >= 0.3 is 0 Å². The maximum absolute atomic E-state index is 13.7. The van der Waals surface area contributed by atoms with Gasteiger partial charge in [-0.05, 0) is 121 Å². The maximum Gasteiger partial charge on any atom is 0.266 e. The summed E-state index contributed by atoms with van der Waals surface area (Å²) in [5, 5.41) is 5.50.